The number of carbonyl (C=O) groups excluding carboxylic acids is 1. The number of hydrogen-bond donors (Lipinski definition) is 0. The van der Waals surface area contributed by atoms with Crippen LogP contribution in [-0.4, -0.2) is 18.1 Å². The lowest BCUT2D eigenvalue weighted by atomic mass is 9.87. The lowest BCUT2D eigenvalue weighted by molar-refractivity contribution is -0.124. The first-order valence-corrected chi connectivity index (χ1v) is 8.95. The Labute approximate surface area is 150 Å². The summed E-state index contributed by atoms with van der Waals surface area (Å²) < 4.78 is 5.93. The second-order valence-corrected chi connectivity index (χ2v) is 7.92. The minimum atomic E-state index is -0.519. The SMILES string of the molecule is C[C@@H]1Cc2ccccc2N1C(=O)[C@@H](C)Oc1ccc(C(C)(C)C)cc1. The molecule has 1 aliphatic heterocycles. The molecule has 0 saturated heterocycles. The number of amides is 1. The number of carbonyl (C=O) groups is 1. The normalized spacial score (nSPS) is 18.0. The zero-order valence-electron chi connectivity index (χ0n) is 15.7. The number of para-hydroxylation sites is 1. The molecule has 0 saturated carbocycles. The predicted molar refractivity (Wildman–Crippen MR) is 102 cm³/mol. The third-order valence-electron chi connectivity index (χ3n) is 4.83. The van der Waals surface area contributed by atoms with Gasteiger partial charge in [-0.1, -0.05) is 51.1 Å². The first-order valence-electron chi connectivity index (χ1n) is 8.95. The van der Waals surface area contributed by atoms with E-state index in [0.717, 1.165) is 17.9 Å². The number of anilines is 1. The van der Waals surface area contributed by atoms with Gasteiger partial charge in [0.25, 0.3) is 5.91 Å². The van der Waals surface area contributed by atoms with Crippen molar-refractivity contribution < 1.29 is 9.53 Å². The van der Waals surface area contributed by atoms with Crippen molar-refractivity contribution in [3.05, 3.63) is 59.7 Å². The molecule has 3 nitrogen and oxygen atoms in total. The van der Waals surface area contributed by atoms with Gasteiger partial charge in [-0.25, -0.2) is 0 Å². The molecule has 3 rings (SSSR count). The molecule has 1 amide bonds. The van der Waals surface area contributed by atoms with E-state index in [9.17, 15) is 4.79 Å². The summed E-state index contributed by atoms with van der Waals surface area (Å²) in [6.45, 7) is 10.5. The molecule has 0 aliphatic carbocycles. The number of benzene rings is 2. The Kier molecular flexibility index (Phi) is 4.59. The number of nitrogens with zero attached hydrogens (tertiary/aromatic N) is 1. The molecule has 2 aromatic carbocycles. The standard InChI is InChI=1S/C22H27NO2/c1-15-14-17-8-6-7-9-20(17)23(15)21(24)16(2)25-19-12-10-18(11-13-19)22(3,4)5/h6-13,15-16H,14H2,1-5H3/t15-,16-/m1/s1. The van der Waals surface area contributed by atoms with Crippen molar-refractivity contribution in [3.63, 3.8) is 0 Å². The fraction of sp³-hybridized carbons (Fsp3) is 0.409. The summed E-state index contributed by atoms with van der Waals surface area (Å²) in [5, 5.41) is 0. The van der Waals surface area contributed by atoms with Crippen LogP contribution >= 0.6 is 0 Å². The highest BCUT2D eigenvalue weighted by Gasteiger charge is 2.33. The minimum Gasteiger partial charge on any atom is -0.481 e. The summed E-state index contributed by atoms with van der Waals surface area (Å²) in [4.78, 5) is 14.8. The van der Waals surface area contributed by atoms with E-state index in [4.69, 9.17) is 4.74 Å². The van der Waals surface area contributed by atoms with E-state index < -0.39 is 6.10 Å². The smallest absolute Gasteiger partial charge is 0.268 e. The van der Waals surface area contributed by atoms with Crippen LogP contribution in [0.4, 0.5) is 5.69 Å². The van der Waals surface area contributed by atoms with Gasteiger partial charge in [0.2, 0.25) is 0 Å². The summed E-state index contributed by atoms with van der Waals surface area (Å²) in [5.74, 6) is 0.742. The van der Waals surface area contributed by atoms with Crippen LogP contribution in [0.2, 0.25) is 0 Å². The van der Waals surface area contributed by atoms with Gasteiger partial charge in [0.1, 0.15) is 5.75 Å². The van der Waals surface area contributed by atoms with Gasteiger partial charge in [-0.2, -0.15) is 0 Å². The van der Waals surface area contributed by atoms with Crippen LogP contribution in [0.1, 0.15) is 45.7 Å². The number of hydrogen-bond acceptors (Lipinski definition) is 2. The maximum Gasteiger partial charge on any atom is 0.268 e. The van der Waals surface area contributed by atoms with Crippen molar-refractivity contribution in [3.8, 4) is 5.75 Å². The van der Waals surface area contributed by atoms with Crippen LogP contribution in [0, 0.1) is 0 Å². The average molecular weight is 337 g/mol. The highest BCUT2D eigenvalue weighted by atomic mass is 16.5. The van der Waals surface area contributed by atoms with Gasteiger partial charge in [0.05, 0.1) is 0 Å². The largest absolute Gasteiger partial charge is 0.481 e. The van der Waals surface area contributed by atoms with Crippen molar-refractivity contribution in [1.29, 1.82) is 0 Å². The Morgan fingerprint density at radius 2 is 1.76 bits per heavy atom. The molecule has 0 radical (unpaired) electrons. The number of fused-ring (bicyclic) bond motifs is 1. The molecular weight excluding hydrogens is 310 g/mol. The lowest BCUT2D eigenvalue weighted by Gasteiger charge is -2.26. The van der Waals surface area contributed by atoms with Crippen molar-refractivity contribution in [2.24, 2.45) is 0 Å². The Balaban J connectivity index is 1.73. The third kappa shape index (κ3) is 3.55. The van der Waals surface area contributed by atoms with Crippen LogP contribution in [-0.2, 0) is 16.6 Å². The van der Waals surface area contributed by atoms with Crippen molar-refractivity contribution >= 4 is 11.6 Å². The summed E-state index contributed by atoms with van der Waals surface area (Å²) in [6.07, 6.45) is 0.378. The van der Waals surface area contributed by atoms with Crippen LogP contribution in [0.3, 0.4) is 0 Å². The molecule has 0 spiro atoms. The molecule has 25 heavy (non-hydrogen) atoms. The summed E-state index contributed by atoms with van der Waals surface area (Å²) in [6, 6.07) is 16.3. The molecule has 1 heterocycles. The van der Waals surface area contributed by atoms with Crippen LogP contribution in [0.5, 0.6) is 5.75 Å². The second-order valence-electron chi connectivity index (χ2n) is 7.92. The summed E-state index contributed by atoms with van der Waals surface area (Å²) >= 11 is 0. The zero-order chi connectivity index (χ0) is 18.2. The van der Waals surface area contributed by atoms with Crippen molar-refractivity contribution in [1.82, 2.24) is 0 Å². The van der Waals surface area contributed by atoms with Gasteiger partial charge in [-0.05, 0) is 55.0 Å². The molecule has 0 bridgehead atoms. The highest BCUT2D eigenvalue weighted by Crippen LogP contribution is 2.33. The first-order chi connectivity index (χ1) is 11.8. The Bertz CT molecular complexity index is 758. The van der Waals surface area contributed by atoms with E-state index in [-0.39, 0.29) is 17.4 Å². The van der Waals surface area contributed by atoms with Crippen molar-refractivity contribution in [2.45, 2.75) is 58.6 Å². The molecule has 0 unspecified atom stereocenters. The fourth-order valence-corrected chi connectivity index (χ4v) is 3.39. The van der Waals surface area contributed by atoms with E-state index in [2.05, 4.69) is 45.9 Å². The first kappa shape index (κ1) is 17.5. The Hall–Kier alpha value is -2.29. The molecule has 132 valence electrons. The van der Waals surface area contributed by atoms with E-state index >= 15 is 0 Å². The second kappa shape index (κ2) is 6.55. The van der Waals surface area contributed by atoms with Crippen LogP contribution in [0.25, 0.3) is 0 Å². The molecule has 0 fully saturated rings. The van der Waals surface area contributed by atoms with Crippen LogP contribution < -0.4 is 9.64 Å². The van der Waals surface area contributed by atoms with Gasteiger partial charge < -0.3 is 9.64 Å². The van der Waals surface area contributed by atoms with Gasteiger partial charge in [0, 0.05) is 11.7 Å². The Morgan fingerprint density at radius 1 is 1.12 bits per heavy atom. The van der Waals surface area contributed by atoms with Crippen molar-refractivity contribution in [2.75, 3.05) is 4.90 Å². The lowest BCUT2D eigenvalue weighted by Crippen LogP contribution is -2.43. The van der Waals surface area contributed by atoms with Crippen LogP contribution in [0.15, 0.2) is 48.5 Å². The third-order valence-corrected chi connectivity index (χ3v) is 4.83. The molecule has 3 heteroatoms. The van der Waals surface area contributed by atoms with E-state index in [1.807, 2.05) is 42.2 Å². The molecule has 0 N–H and O–H groups in total. The Morgan fingerprint density at radius 3 is 2.40 bits per heavy atom. The number of rotatable bonds is 3. The van der Waals surface area contributed by atoms with Gasteiger partial charge in [0.15, 0.2) is 6.10 Å². The zero-order valence-corrected chi connectivity index (χ0v) is 15.7. The monoisotopic (exact) mass is 337 g/mol. The van der Waals surface area contributed by atoms with E-state index in [1.54, 1.807) is 0 Å². The van der Waals surface area contributed by atoms with E-state index in [0.29, 0.717) is 0 Å². The molecular formula is C22H27NO2. The maximum atomic E-state index is 12.9. The molecule has 0 aromatic heterocycles. The molecule has 2 aromatic rings. The summed E-state index contributed by atoms with van der Waals surface area (Å²) in [7, 11) is 0. The van der Waals surface area contributed by atoms with Gasteiger partial charge in [-0.15, -0.1) is 0 Å². The molecule has 2 atom stereocenters. The number of ether oxygens (including phenoxy) is 1. The average Bonchev–Trinajstić information content (AvgIpc) is 2.89. The van der Waals surface area contributed by atoms with E-state index in [1.165, 1.54) is 11.1 Å². The minimum absolute atomic E-state index is 0.0114. The summed E-state index contributed by atoms with van der Waals surface area (Å²) in [5.41, 5.74) is 3.60. The van der Waals surface area contributed by atoms with Gasteiger partial charge >= 0.3 is 0 Å². The maximum absolute atomic E-state index is 12.9. The van der Waals surface area contributed by atoms with Gasteiger partial charge in [-0.3, -0.25) is 4.79 Å². The highest BCUT2D eigenvalue weighted by molar-refractivity contribution is 5.99. The molecule has 1 aliphatic rings. The quantitative estimate of drug-likeness (QED) is 0.810. The predicted octanol–water partition coefficient (Wildman–Crippen LogP) is 4.73. The fourth-order valence-electron chi connectivity index (χ4n) is 3.39. The topological polar surface area (TPSA) is 29.5 Å².